The molecule has 0 aliphatic heterocycles. The van der Waals surface area contributed by atoms with E-state index < -0.39 is 0 Å². The minimum atomic E-state index is 0.565. The Hall–Kier alpha value is -2.53. The molecule has 1 aromatic heterocycles. The summed E-state index contributed by atoms with van der Waals surface area (Å²) in [6, 6.07) is 15.4. The van der Waals surface area contributed by atoms with E-state index in [4.69, 9.17) is 15.2 Å². The van der Waals surface area contributed by atoms with Crippen LogP contribution in [0.1, 0.15) is 5.01 Å². The quantitative estimate of drug-likeness (QED) is 0.695. The van der Waals surface area contributed by atoms with E-state index in [0.717, 1.165) is 39.9 Å². The lowest BCUT2D eigenvalue weighted by atomic mass is 10.1. The highest BCUT2D eigenvalue weighted by molar-refractivity contribution is 7.09. The lowest BCUT2D eigenvalue weighted by Gasteiger charge is -2.09. The minimum Gasteiger partial charge on any atom is -0.493 e. The maximum Gasteiger partial charge on any atom is 0.161 e. The summed E-state index contributed by atoms with van der Waals surface area (Å²) in [6.45, 7) is 0.565. The Labute approximate surface area is 139 Å². The summed E-state index contributed by atoms with van der Waals surface area (Å²) >= 11 is 1.64. The summed E-state index contributed by atoms with van der Waals surface area (Å²) in [7, 11) is 1.64. The van der Waals surface area contributed by atoms with Gasteiger partial charge >= 0.3 is 0 Å². The van der Waals surface area contributed by atoms with Crippen LogP contribution in [-0.2, 0) is 6.42 Å². The topological polar surface area (TPSA) is 57.4 Å². The van der Waals surface area contributed by atoms with Crippen LogP contribution in [0.15, 0.2) is 53.9 Å². The molecule has 0 saturated heterocycles. The first-order valence-corrected chi connectivity index (χ1v) is 8.20. The van der Waals surface area contributed by atoms with Crippen LogP contribution in [0.3, 0.4) is 0 Å². The average Bonchev–Trinajstić information content (AvgIpc) is 3.05. The second-order valence-corrected chi connectivity index (χ2v) is 5.94. The number of ether oxygens (including phenoxy) is 2. The van der Waals surface area contributed by atoms with Gasteiger partial charge in [-0.25, -0.2) is 4.98 Å². The van der Waals surface area contributed by atoms with Crippen LogP contribution in [0.2, 0.25) is 0 Å². The maximum atomic E-state index is 5.79. The zero-order valence-corrected chi connectivity index (χ0v) is 13.7. The van der Waals surface area contributed by atoms with E-state index in [-0.39, 0.29) is 0 Å². The molecule has 0 bridgehead atoms. The van der Waals surface area contributed by atoms with E-state index in [9.17, 15) is 0 Å². The number of para-hydroxylation sites is 2. The van der Waals surface area contributed by atoms with Crippen LogP contribution >= 0.6 is 11.3 Å². The number of thiazole rings is 1. The number of aromatic nitrogens is 1. The van der Waals surface area contributed by atoms with E-state index in [1.54, 1.807) is 18.4 Å². The van der Waals surface area contributed by atoms with Crippen molar-refractivity contribution in [3.05, 3.63) is 58.9 Å². The third-order valence-corrected chi connectivity index (χ3v) is 4.31. The van der Waals surface area contributed by atoms with Gasteiger partial charge in [0, 0.05) is 23.1 Å². The summed E-state index contributed by atoms with van der Waals surface area (Å²) in [6.07, 6.45) is 0.762. The van der Waals surface area contributed by atoms with Gasteiger partial charge in [0.2, 0.25) is 0 Å². The summed E-state index contributed by atoms with van der Waals surface area (Å²) in [5.41, 5.74) is 8.52. The molecule has 0 spiro atoms. The van der Waals surface area contributed by atoms with Gasteiger partial charge in [-0.05, 0) is 24.3 Å². The largest absolute Gasteiger partial charge is 0.493 e. The molecule has 2 N–H and O–H groups in total. The number of methoxy groups -OCH3 is 1. The Morgan fingerprint density at radius 1 is 1.04 bits per heavy atom. The van der Waals surface area contributed by atoms with Crippen molar-refractivity contribution in [2.75, 3.05) is 19.5 Å². The van der Waals surface area contributed by atoms with Crippen LogP contribution in [-0.4, -0.2) is 18.7 Å². The first-order chi connectivity index (χ1) is 11.3. The number of benzene rings is 2. The van der Waals surface area contributed by atoms with Crippen molar-refractivity contribution in [1.29, 1.82) is 0 Å². The van der Waals surface area contributed by atoms with Crippen molar-refractivity contribution in [2.24, 2.45) is 0 Å². The summed E-state index contributed by atoms with van der Waals surface area (Å²) in [5.74, 6) is 1.50. The van der Waals surface area contributed by atoms with Gasteiger partial charge in [0.25, 0.3) is 0 Å². The first kappa shape index (κ1) is 15.4. The minimum absolute atomic E-state index is 0.565. The summed E-state index contributed by atoms with van der Waals surface area (Å²) in [5, 5.41) is 3.11. The summed E-state index contributed by atoms with van der Waals surface area (Å²) in [4.78, 5) is 4.65. The van der Waals surface area contributed by atoms with Crippen molar-refractivity contribution in [3.8, 4) is 22.8 Å². The molecule has 0 aliphatic carbocycles. The molecule has 0 aliphatic rings. The second kappa shape index (κ2) is 7.15. The highest BCUT2D eigenvalue weighted by Crippen LogP contribution is 2.26. The Morgan fingerprint density at radius 3 is 2.52 bits per heavy atom. The third kappa shape index (κ3) is 3.81. The molecule has 0 atom stereocenters. The number of nitrogens with zero attached hydrogens (tertiary/aromatic N) is 1. The molecule has 1 heterocycles. The fourth-order valence-electron chi connectivity index (χ4n) is 2.20. The zero-order chi connectivity index (χ0) is 16.1. The monoisotopic (exact) mass is 326 g/mol. The highest BCUT2D eigenvalue weighted by atomic mass is 32.1. The van der Waals surface area contributed by atoms with Crippen LogP contribution in [0, 0.1) is 0 Å². The second-order valence-electron chi connectivity index (χ2n) is 5.00. The number of rotatable bonds is 6. The van der Waals surface area contributed by atoms with Crippen molar-refractivity contribution >= 4 is 17.0 Å². The van der Waals surface area contributed by atoms with Gasteiger partial charge < -0.3 is 15.2 Å². The molecule has 0 unspecified atom stereocenters. The van der Waals surface area contributed by atoms with Gasteiger partial charge in [-0.15, -0.1) is 11.3 Å². The number of anilines is 1. The van der Waals surface area contributed by atoms with Crippen molar-refractivity contribution in [3.63, 3.8) is 0 Å². The van der Waals surface area contributed by atoms with E-state index in [1.165, 1.54) is 0 Å². The van der Waals surface area contributed by atoms with Gasteiger partial charge in [-0.2, -0.15) is 0 Å². The molecule has 4 nitrogen and oxygen atoms in total. The number of hydrogen-bond donors (Lipinski definition) is 1. The van der Waals surface area contributed by atoms with E-state index in [0.29, 0.717) is 6.61 Å². The van der Waals surface area contributed by atoms with E-state index in [2.05, 4.69) is 10.4 Å². The van der Waals surface area contributed by atoms with E-state index in [1.807, 2.05) is 48.5 Å². The average molecular weight is 326 g/mol. The Morgan fingerprint density at radius 2 is 1.78 bits per heavy atom. The molecule has 118 valence electrons. The van der Waals surface area contributed by atoms with Crippen LogP contribution in [0.5, 0.6) is 11.5 Å². The third-order valence-electron chi connectivity index (χ3n) is 3.40. The Kier molecular flexibility index (Phi) is 4.78. The standard InChI is InChI=1S/C18H18N2O2S/c1-21-16-4-2-3-5-17(16)22-11-10-18-20-15(12-23-18)13-6-8-14(19)9-7-13/h2-9,12H,10-11,19H2,1H3. The maximum absolute atomic E-state index is 5.79. The Balaban J connectivity index is 1.60. The van der Waals surface area contributed by atoms with Crippen molar-refractivity contribution in [2.45, 2.75) is 6.42 Å². The van der Waals surface area contributed by atoms with E-state index >= 15 is 0 Å². The van der Waals surface area contributed by atoms with Crippen molar-refractivity contribution < 1.29 is 9.47 Å². The highest BCUT2D eigenvalue weighted by Gasteiger charge is 2.06. The van der Waals surface area contributed by atoms with Gasteiger partial charge in [0.1, 0.15) is 0 Å². The van der Waals surface area contributed by atoms with Gasteiger partial charge in [0.05, 0.1) is 24.4 Å². The predicted molar refractivity (Wildman–Crippen MR) is 94.2 cm³/mol. The molecule has 0 radical (unpaired) electrons. The van der Waals surface area contributed by atoms with Crippen molar-refractivity contribution in [1.82, 2.24) is 4.98 Å². The molecule has 0 fully saturated rings. The number of nitrogens with two attached hydrogens (primary N) is 1. The Bertz CT molecular complexity index is 769. The molecular formula is C18H18N2O2S. The fourth-order valence-corrected chi connectivity index (χ4v) is 2.99. The molecule has 2 aromatic carbocycles. The smallest absolute Gasteiger partial charge is 0.161 e. The van der Waals surface area contributed by atoms with Gasteiger partial charge in [-0.1, -0.05) is 24.3 Å². The summed E-state index contributed by atoms with van der Waals surface area (Å²) < 4.78 is 11.1. The first-order valence-electron chi connectivity index (χ1n) is 7.32. The molecule has 23 heavy (non-hydrogen) atoms. The van der Waals surface area contributed by atoms with Crippen LogP contribution < -0.4 is 15.2 Å². The molecule has 3 rings (SSSR count). The lowest BCUT2D eigenvalue weighted by molar-refractivity contribution is 0.297. The van der Waals surface area contributed by atoms with Crippen LogP contribution in [0.25, 0.3) is 11.3 Å². The lowest BCUT2D eigenvalue weighted by Crippen LogP contribution is -2.02. The SMILES string of the molecule is COc1ccccc1OCCc1nc(-c2ccc(N)cc2)cs1. The predicted octanol–water partition coefficient (Wildman–Crippen LogP) is 4.02. The molecule has 5 heteroatoms. The van der Waals surface area contributed by atoms with Gasteiger partial charge in [0.15, 0.2) is 11.5 Å². The van der Waals surface area contributed by atoms with Gasteiger partial charge in [-0.3, -0.25) is 0 Å². The fraction of sp³-hybridized carbons (Fsp3) is 0.167. The zero-order valence-electron chi connectivity index (χ0n) is 12.9. The molecule has 0 amide bonds. The number of nitrogen functional groups attached to an aromatic ring is 1. The number of hydrogen-bond acceptors (Lipinski definition) is 5. The molecule has 0 saturated carbocycles. The molecule has 3 aromatic rings. The normalized spacial score (nSPS) is 10.5. The van der Waals surface area contributed by atoms with Crippen LogP contribution in [0.4, 0.5) is 5.69 Å². The molecular weight excluding hydrogens is 308 g/mol.